The molecule has 1 aliphatic carbocycles. The molecule has 34 heavy (non-hydrogen) atoms. The van der Waals surface area contributed by atoms with Gasteiger partial charge >= 0.3 is 0 Å². The van der Waals surface area contributed by atoms with Crippen LogP contribution in [0.3, 0.4) is 0 Å². The highest BCUT2D eigenvalue weighted by Crippen LogP contribution is 2.43. The molecule has 0 bridgehead atoms. The Morgan fingerprint density at radius 3 is 2.35 bits per heavy atom. The lowest BCUT2D eigenvalue weighted by Gasteiger charge is -2.36. The zero-order valence-corrected chi connectivity index (χ0v) is 22.5. The Bertz CT molecular complexity index is 1080. The maximum atomic E-state index is 11.9. The quantitative estimate of drug-likeness (QED) is 0.191. The standard InChI is InChI=1S/C23H27Br2N5O4/c1-4-29(15-8-6-5-7-9-15)21-12-19(26-14(2)31)20(13-22(21)34-3)27-28-23-17(24)10-16(30(32)33)11-18(23)25/h10-13,15H,4-9H2,1-3H3,(H,26,31). The van der Waals surface area contributed by atoms with Gasteiger partial charge in [0.15, 0.2) is 0 Å². The van der Waals surface area contributed by atoms with Crippen LogP contribution in [0.4, 0.5) is 28.4 Å². The Hall–Kier alpha value is -2.53. The number of non-ortho nitro benzene ring substituents is 1. The molecule has 1 fully saturated rings. The fourth-order valence-electron chi connectivity index (χ4n) is 4.19. The first-order valence-electron chi connectivity index (χ1n) is 11.1. The summed E-state index contributed by atoms with van der Waals surface area (Å²) in [6, 6.07) is 6.77. The monoisotopic (exact) mass is 595 g/mol. The molecular formula is C23H27Br2N5O4. The van der Waals surface area contributed by atoms with E-state index in [-0.39, 0.29) is 11.6 Å². The smallest absolute Gasteiger partial charge is 0.271 e. The predicted octanol–water partition coefficient (Wildman–Crippen LogP) is 7.66. The Kier molecular flexibility index (Phi) is 9.01. The van der Waals surface area contributed by atoms with Crippen LogP contribution < -0.4 is 15.0 Å². The number of benzene rings is 2. The normalized spacial score (nSPS) is 14.3. The minimum absolute atomic E-state index is 0.0787. The lowest BCUT2D eigenvalue weighted by molar-refractivity contribution is -0.385. The molecule has 0 radical (unpaired) electrons. The number of carbonyl (C=O) groups excluding carboxylic acids is 1. The van der Waals surface area contributed by atoms with Gasteiger partial charge in [-0.3, -0.25) is 14.9 Å². The third-order valence-corrected chi connectivity index (χ3v) is 6.95. The van der Waals surface area contributed by atoms with E-state index in [1.165, 1.54) is 38.3 Å². The molecule has 0 saturated heterocycles. The number of azo groups is 1. The zero-order chi connectivity index (χ0) is 24.8. The summed E-state index contributed by atoms with van der Waals surface area (Å²) in [4.78, 5) is 24.9. The van der Waals surface area contributed by atoms with Crippen molar-refractivity contribution in [3.8, 4) is 5.75 Å². The highest BCUT2D eigenvalue weighted by molar-refractivity contribution is 9.11. The minimum Gasteiger partial charge on any atom is -0.494 e. The molecule has 2 aromatic carbocycles. The van der Waals surface area contributed by atoms with E-state index in [4.69, 9.17) is 4.74 Å². The first-order chi connectivity index (χ1) is 16.2. The van der Waals surface area contributed by atoms with Crippen LogP contribution in [-0.4, -0.2) is 30.5 Å². The molecule has 0 unspecified atom stereocenters. The molecule has 3 rings (SSSR count). The molecule has 0 aromatic heterocycles. The fourth-order valence-corrected chi connectivity index (χ4v) is 5.51. The highest BCUT2D eigenvalue weighted by Gasteiger charge is 2.24. The largest absolute Gasteiger partial charge is 0.494 e. The van der Waals surface area contributed by atoms with E-state index in [2.05, 4.69) is 59.2 Å². The van der Waals surface area contributed by atoms with Crippen molar-refractivity contribution in [2.45, 2.75) is 52.0 Å². The molecule has 1 aliphatic rings. The molecule has 1 N–H and O–H groups in total. The molecular weight excluding hydrogens is 570 g/mol. The average molecular weight is 597 g/mol. The number of nitro groups is 1. The van der Waals surface area contributed by atoms with Crippen LogP contribution in [0.15, 0.2) is 43.4 Å². The van der Waals surface area contributed by atoms with Gasteiger partial charge in [-0.1, -0.05) is 19.3 Å². The number of methoxy groups -OCH3 is 1. The lowest BCUT2D eigenvalue weighted by atomic mass is 9.93. The van der Waals surface area contributed by atoms with Crippen molar-refractivity contribution in [3.63, 3.8) is 0 Å². The van der Waals surface area contributed by atoms with Gasteiger partial charge < -0.3 is 15.0 Å². The van der Waals surface area contributed by atoms with Crippen LogP contribution in [0, 0.1) is 10.1 Å². The summed E-state index contributed by atoms with van der Waals surface area (Å²) in [7, 11) is 1.61. The van der Waals surface area contributed by atoms with Gasteiger partial charge in [-0.15, -0.1) is 10.2 Å². The van der Waals surface area contributed by atoms with E-state index in [0.29, 0.717) is 37.8 Å². The first-order valence-corrected chi connectivity index (χ1v) is 12.6. The van der Waals surface area contributed by atoms with Crippen molar-refractivity contribution < 1.29 is 14.5 Å². The summed E-state index contributed by atoms with van der Waals surface area (Å²) in [6.45, 7) is 4.36. The van der Waals surface area contributed by atoms with Crippen molar-refractivity contribution in [2.75, 3.05) is 23.9 Å². The number of nitrogens with zero attached hydrogens (tertiary/aromatic N) is 4. The van der Waals surface area contributed by atoms with Gasteiger partial charge in [0.25, 0.3) is 5.69 Å². The summed E-state index contributed by atoms with van der Waals surface area (Å²) in [5.41, 5.74) is 2.13. The third kappa shape index (κ3) is 6.12. The Morgan fingerprint density at radius 2 is 1.82 bits per heavy atom. The molecule has 1 saturated carbocycles. The molecule has 0 atom stereocenters. The number of halogens is 2. The van der Waals surface area contributed by atoms with Crippen molar-refractivity contribution in [2.24, 2.45) is 10.2 Å². The second kappa shape index (κ2) is 11.7. The number of nitrogens with one attached hydrogen (secondary N) is 1. The van der Waals surface area contributed by atoms with Crippen molar-refractivity contribution in [1.82, 2.24) is 0 Å². The van der Waals surface area contributed by atoms with Crippen LogP contribution in [0.25, 0.3) is 0 Å². The van der Waals surface area contributed by atoms with Gasteiger partial charge in [0, 0.05) is 37.7 Å². The molecule has 182 valence electrons. The molecule has 0 spiro atoms. The second-order valence-electron chi connectivity index (χ2n) is 8.02. The number of nitro benzene ring substituents is 1. The predicted molar refractivity (Wildman–Crippen MR) is 140 cm³/mol. The van der Waals surface area contributed by atoms with Crippen molar-refractivity contribution in [3.05, 3.63) is 43.3 Å². The van der Waals surface area contributed by atoms with Crippen LogP contribution in [0.5, 0.6) is 5.75 Å². The minimum atomic E-state index is -0.485. The maximum Gasteiger partial charge on any atom is 0.271 e. The fraction of sp³-hybridized carbons (Fsp3) is 0.435. The number of ether oxygens (including phenoxy) is 1. The van der Waals surface area contributed by atoms with Gasteiger partial charge in [0.2, 0.25) is 5.91 Å². The molecule has 11 heteroatoms. The van der Waals surface area contributed by atoms with Gasteiger partial charge in [-0.2, -0.15) is 0 Å². The van der Waals surface area contributed by atoms with E-state index >= 15 is 0 Å². The Labute approximate surface area is 215 Å². The van der Waals surface area contributed by atoms with E-state index in [9.17, 15) is 14.9 Å². The summed E-state index contributed by atoms with van der Waals surface area (Å²) >= 11 is 6.64. The zero-order valence-electron chi connectivity index (χ0n) is 19.3. The van der Waals surface area contributed by atoms with E-state index in [0.717, 1.165) is 25.1 Å². The molecule has 9 nitrogen and oxygen atoms in total. The number of carbonyl (C=O) groups is 1. The summed E-state index contributed by atoms with van der Waals surface area (Å²) in [6.07, 6.45) is 5.91. The number of anilines is 2. The Morgan fingerprint density at radius 1 is 1.18 bits per heavy atom. The lowest BCUT2D eigenvalue weighted by Crippen LogP contribution is -2.37. The number of hydrogen-bond acceptors (Lipinski definition) is 7. The SMILES string of the molecule is CCN(c1cc(NC(C)=O)c(N=Nc2c(Br)cc([N+](=O)[O-])cc2Br)cc1OC)C1CCCCC1. The summed E-state index contributed by atoms with van der Waals surface area (Å²) < 4.78 is 6.54. The van der Waals surface area contributed by atoms with Gasteiger partial charge in [0.1, 0.15) is 17.1 Å². The topological polar surface area (TPSA) is 109 Å². The number of rotatable bonds is 8. The van der Waals surface area contributed by atoms with Gasteiger partial charge in [0.05, 0.1) is 32.4 Å². The first kappa shape index (κ1) is 26.1. The summed E-state index contributed by atoms with van der Waals surface area (Å²) in [5, 5.41) is 22.6. The second-order valence-corrected chi connectivity index (χ2v) is 9.72. The molecule has 1 amide bonds. The number of hydrogen-bond donors (Lipinski definition) is 1. The van der Waals surface area contributed by atoms with Crippen LogP contribution in [-0.2, 0) is 4.79 Å². The molecule has 2 aromatic rings. The molecule has 0 aliphatic heterocycles. The Balaban J connectivity index is 2.05. The van der Waals surface area contributed by atoms with Gasteiger partial charge in [-0.05, 0) is 57.7 Å². The van der Waals surface area contributed by atoms with Gasteiger partial charge in [-0.25, -0.2) is 0 Å². The van der Waals surface area contributed by atoms with Crippen LogP contribution in [0.1, 0.15) is 46.0 Å². The highest BCUT2D eigenvalue weighted by atomic mass is 79.9. The van der Waals surface area contributed by atoms with E-state index < -0.39 is 4.92 Å². The summed E-state index contributed by atoms with van der Waals surface area (Å²) in [5.74, 6) is 0.406. The van der Waals surface area contributed by atoms with Crippen LogP contribution >= 0.6 is 31.9 Å². The third-order valence-electron chi connectivity index (χ3n) is 5.74. The van der Waals surface area contributed by atoms with E-state index in [1.807, 2.05) is 6.07 Å². The van der Waals surface area contributed by atoms with Crippen molar-refractivity contribution >= 4 is 66.2 Å². The van der Waals surface area contributed by atoms with E-state index in [1.54, 1.807) is 13.2 Å². The van der Waals surface area contributed by atoms with Crippen LogP contribution in [0.2, 0.25) is 0 Å². The van der Waals surface area contributed by atoms with Crippen molar-refractivity contribution in [1.29, 1.82) is 0 Å². The molecule has 0 heterocycles. The maximum absolute atomic E-state index is 11.9. The number of amides is 1. The average Bonchev–Trinajstić information content (AvgIpc) is 2.80.